The lowest BCUT2D eigenvalue weighted by molar-refractivity contribution is -0.0521. The SMILES string of the molecule is Nc1cc(F)c(OC(F)F)cc1Nc1cc(Cl)cc(Cl)c1. The lowest BCUT2D eigenvalue weighted by atomic mass is 10.2. The first kappa shape index (κ1) is 15.6. The summed E-state index contributed by atoms with van der Waals surface area (Å²) in [5.41, 5.74) is 6.30. The van der Waals surface area contributed by atoms with E-state index >= 15 is 0 Å². The summed E-state index contributed by atoms with van der Waals surface area (Å²) in [7, 11) is 0. The van der Waals surface area contributed by atoms with Crippen molar-refractivity contribution in [2.24, 2.45) is 0 Å². The molecule has 2 aromatic carbocycles. The summed E-state index contributed by atoms with van der Waals surface area (Å²) in [5, 5.41) is 3.55. The van der Waals surface area contributed by atoms with Crippen molar-refractivity contribution in [1.82, 2.24) is 0 Å². The fourth-order valence-corrected chi connectivity index (χ4v) is 2.17. The van der Waals surface area contributed by atoms with E-state index in [1.54, 1.807) is 12.1 Å². The molecule has 0 spiro atoms. The van der Waals surface area contributed by atoms with Crippen LogP contribution < -0.4 is 15.8 Å². The van der Waals surface area contributed by atoms with Crippen LogP contribution in [0.3, 0.4) is 0 Å². The number of hydrogen-bond acceptors (Lipinski definition) is 3. The fraction of sp³-hybridized carbons (Fsp3) is 0.0769. The van der Waals surface area contributed by atoms with Crippen molar-refractivity contribution < 1.29 is 17.9 Å². The number of alkyl halides is 2. The van der Waals surface area contributed by atoms with Gasteiger partial charge in [0.05, 0.1) is 11.4 Å². The maximum Gasteiger partial charge on any atom is 0.387 e. The predicted octanol–water partition coefficient (Wildman–Crippen LogP) is 5.06. The van der Waals surface area contributed by atoms with Crippen LogP contribution in [-0.4, -0.2) is 6.61 Å². The second-order valence-corrected chi connectivity index (χ2v) is 4.90. The summed E-state index contributed by atoms with van der Waals surface area (Å²) >= 11 is 11.7. The Morgan fingerprint density at radius 3 is 2.24 bits per heavy atom. The maximum absolute atomic E-state index is 13.4. The van der Waals surface area contributed by atoms with E-state index in [0.29, 0.717) is 15.7 Å². The summed E-state index contributed by atoms with van der Waals surface area (Å²) in [6.07, 6.45) is 0. The molecule has 0 saturated heterocycles. The minimum Gasteiger partial charge on any atom is -0.432 e. The molecule has 0 unspecified atom stereocenters. The van der Waals surface area contributed by atoms with Gasteiger partial charge in [0.2, 0.25) is 0 Å². The highest BCUT2D eigenvalue weighted by Gasteiger charge is 2.13. The van der Waals surface area contributed by atoms with Crippen molar-refractivity contribution in [3.63, 3.8) is 0 Å². The van der Waals surface area contributed by atoms with Gasteiger partial charge in [0, 0.05) is 27.9 Å². The van der Waals surface area contributed by atoms with Gasteiger partial charge in [0.25, 0.3) is 0 Å². The van der Waals surface area contributed by atoms with Crippen molar-refractivity contribution >= 4 is 40.3 Å². The first-order valence-corrected chi connectivity index (χ1v) is 6.37. The molecule has 0 aliphatic rings. The van der Waals surface area contributed by atoms with Gasteiger partial charge >= 0.3 is 6.61 Å². The van der Waals surface area contributed by atoms with Crippen LogP contribution in [0.2, 0.25) is 10.0 Å². The molecule has 0 amide bonds. The van der Waals surface area contributed by atoms with Crippen molar-refractivity contribution in [1.29, 1.82) is 0 Å². The van der Waals surface area contributed by atoms with E-state index in [2.05, 4.69) is 10.1 Å². The van der Waals surface area contributed by atoms with Crippen LogP contribution in [0.5, 0.6) is 5.75 Å². The second-order valence-electron chi connectivity index (χ2n) is 4.03. The van der Waals surface area contributed by atoms with Crippen LogP contribution in [-0.2, 0) is 0 Å². The molecule has 21 heavy (non-hydrogen) atoms. The third-order valence-electron chi connectivity index (χ3n) is 2.46. The zero-order chi connectivity index (χ0) is 15.6. The Morgan fingerprint density at radius 1 is 1.05 bits per heavy atom. The van der Waals surface area contributed by atoms with Crippen molar-refractivity contribution in [3.8, 4) is 5.75 Å². The molecule has 0 radical (unpaired) electrons. The highest BCUT2D eigenvalue weighted by atomic mass is 35.5. The number of rotatable bonds is 4. The minimum atomic E-state index is -3.14. The lowest BCUT2D eigenvalue weighted by Crippen LogP contribution is -2.05. The molecule has 8 heteroatoms. The van der Waals surface area contributed by atoms with Crippen LogP contribution in [0.1, 0.15) is 0 Å². The number of benzene rings is 2. The summed E-state index contributed by atoms with van der Waals surface area (Å²) in [6.45, 7) is -3.14. The monoisotopic (exact) mass is 336 g/mol. The van der Waals surface area contributed by atoms with Crippen molar-refractivity contribution in [2.45, 2.75) is 6.61 Å². The van der Waals surface area contributed by atoms with E-state index in [0.717, 1.165) is 12.1 Å². The number of nitrogens with one attached hydrogen (secondary N) is 1. The smallest absolute Gasteiger partial charge is 0.387 e. The Balaban J connectivity index is 2.34. The third-order valence-corrected chi connectivity index (χ3v) is 2.90. The van der Waals surface area contributed by atoms with Crippen LogP contribution >= 0.6 is 23.2 Å². The largest absolute Gasteiger partial charge is 0.432 e. The Hall–Kier alpha value is -1.79. The van der Waals surface area contributed by atoms with Gasteiger partial charge in [-0.3, -0.25) is 0 Å². The first-order valence-electron chi connectivity index (χ1n) is 5.62. The summed E-state index contributed by atoms with van der Waals surface area (Å²) in [6, 6.07) is 6.53. The van der Waals surface area contributed by atoms with Crippen LogP contribution in [0.4, 0.5) is 30.2 Å². The van der Waals surface area contributed by atoms with E-state index in [-0.39, 0.29) is 11.4 Å². The van der Waals surface area contributed by atoms with E-state index in [1.807, 2.05) is 0 Å². The average Bonchev–Trinajstić information content (AvgIpc) is 2.33. The molecule has 3 N–H and O–H groups in total. The molecule has 2 rings (SSSR count). The molecule has 0 aliphatic heterocycles. The molecule has 2 aromatic rings. The number of halogens is 5. The highest BCUT2D eigenvalue weighted by Crippen LogP contribution is 2.33. The zero-order valence-corrected chi connectivity index (χ0v) is 11.9. The molecule has 112 valence electrons. The molecule has 0 bridgehead atoms. The Bertz CT molecular complexity index is 648. The molecule has 0 saturated carbocycles. The van der Waals surface area contributed by atoms with Gasteiger partial charge in [-0.2, -0.15) is 8.78 Å². The van der Waals surface area contributed by atoms with E-state index < -0.39 is 18.2 Å². The standard InChI is InChI=1S/C13H9Cl2F3N2O/c14-6-1-7(15)3-8(2-6)20-11-5-12(21-13(17)18)9(16)4-10(11)19/h1-5,13,20H,19H2. The Morgan fingerprint density at radius 2 is 1.67 bits per heavy atom. The van der Waals surface area contributed by atoms with Crippen LogP contribution in [0, 0.1) is 5.82 Å². The van der Waals surface area contributed by atoms with E-state index in [9.17, 15) is 13.2 Å². The van der Waals surface area contributed by atoms with Gasteiger partial charge in [-0.25, -0.2) is 4.39 Å². The summed E-state index contributed by atoms with van der Waals surface area (Å²) in [4.78, 5) is 0. The van der Waals surface area contributed by atoms with Crippen LogP contribution in [0.15, 0.2) is 30.3 Å². The Labute approximate surface area is 128 Å². The first-order chi connectivity index (χ1) is 9.85. The minimum absolute atomic E-state index is 0.0187. The van der Waals surface area contributed by atoms with Gasteiger partial charge in [-0.1, -0.05) is 23.2 Å². The molecule has 0 aromatic heterocycles. The van der Waals surface area contributed by atoms with E-state index in [1.165, 1.54) is 6.07 Å². The van der Waals surface area contributed by atoms with Gasteiger partial charge in [0.15, 0.2) is 11.6 Å². The highest BCUT2D eigenvalue weighted by molar-refractivity contribution is 6.35. The topological polar surface area (TPSA) is 47.3 Å². The molecule has 0 aliphatic carbocycles. The fourth-order valence-electron chi connectivity index (χ4n) is 1.64. The Kier molecular flexibility index (Phi) is 4.69. The molecule has 0 fully saturated rings. The zero-order valence-electron chi connectivity index (χ0n) is 10.3. The summed E-state index contributed by atoms with van der Waals surface area (Å²) in [5.74, 6) is -1.60. The second kappa shape index (κ2) is 6.32. The molecular formula is C13H9Cl2F3N2O. The van der Waals surface area contributed by atoms with Gasteiger partial charge < -0.3 is 15.8 Å². The predicted molar refractivity (Wildman–Crippen MR) is 77.2 cm³/mol. The maximum atomic E-state index is 13.4. The normalized spacial score (nSPS) is 10.8. The number of nitrogen functional groups attached to an aromatic ring is 1. The van der Waals surface area contributed by atoms with Gasteiger partial charge in [-0.05, 0) is 18.2 Å². The molecular weight excluding hydrogens is 328 g/mol. The number of anilines is 3. The van der Waals surface area contributed by atoms with Gasteiger partial charge in [0.1, 0.15) is 0 Å². The molecule has 3 nitrogen and oxygen atoms in total. The van der Waals surface area contributed by atoms with Crippen molar-refractivity contribution in [2.75, 3.05) is 11.1 Å². The van der Waals surface area contributed by atoms with Gasteiger partial charge in [-0.15, -0.1) is 0 Å². The number of hydrogen-bond donors (Lipinski definition) is 2. The average molecular weight is 337 g/mol. The number of ether oxygens (including phenoxy) is 1. The van der Waals surface area contributed by atoms with Crippen molar-refractivity contribution in [3.05, 3.63) is 46.2 Å². The van der Waals surface area contributed by atoms with E-state index in [4.69, 9.17) is 28.9 Å². The lowest BCUT2D eigenvalue weighted by Gasteiger charge is -2.13. The number of nitrogens with two attached hydrogens (primary N) is 1. The summed E-state index contributed by atoms with van der Waals surface area (Å²) < 4.78 is 41.9. The quantitative estimate of drug-likeness (QED) is 0.767. The van der Waals surface area contributed by atoms with Crippen LogP contribution in [0.25, 0.3) is 0 Å². The molecule has 0 atom stereocenters. The third kappa shape index (κ3) is 4.09. The molecule has 0 heterocycles.